The van der Waals surface area contributed by atoms with Crippen molar-refractivity contribution in [1.82, 2.24) is 9.80 Å². The zero-order valence-electron chi connectivity index (χ0n) is 18.2. The molecule has 0 saturated carbocycles. The van der Waals surface area contributed by atoms with E-state index in [4.69, 9.17) is 4.74 Å². The van der Waals surface area contributed by atoms with Gasteiger partial charge in [0.2, 0.25) is 0 Å². The number of hydrogen-bond donors (Lipinski definition) is 0. The van der Waals surface area contributed by atoms with Crippen LogP contribution >= 0.6 is 24.8 Å². The summed E-state index contributed by atoms with van der Waals surface area (Å²) in [6.07, 6.45) is 5.45. The van der Waals surface area contributed by atoms with Crippen LogP contribution in [-0.2, 0) is 4.74 Å². The zero-order chi connectivity index (χ0) is 19.4. The van der Waals surface area contributed by atoms with E-state index in [2.05, 4.69) is 77.4 Å². The quantitative estimate of drug-likeness (QED) is 0.398. The van der Waals surface area contributed by atoms with Gasteiger partial charge < -0.3 is 9.64 Å². The average molecular weight is 453 g/mol. The maximum Gasteiger partial charge on any atom is 0.108 e. The molecule has 0 aromatic heterocycles. The van der Waals surface area contributed by atoms with Gasteiger partial charge in [0.05, 0.1) is 6.61 Å². The molecule has 0 bridgehead atoms. The lowest BCUT2D eigenvalue weighted by molar-refractivity contribution is 0.0450. The number of rotatable bonds is 11. The summed E-state index contributed by atoms with van der Waals surface area (Å²) in [6.45, 7) is 10.1. The first-order chi connectivity index (χ1) is 13.9. The molecule has 0 atom stereocenters. The summed E-state index contributed by atoms with van der Waals surface area (Å²) >= 11 is 0. The third-order valence-electron chi connectivity index (χ3n) is 5.69. The molecule has 0 amide bonds. The van der Waals surface area contributed by atoms with Gasteiger partial charge in [0.1, 0.15) is 6.10 Å². The molecular formula is C25H38Cl2N2O. The molecule has 1 heterocycles. The Morgan fingerprint density at radius 3 is 1.70 bits per heavy atom. The topological polar surface area (TPSA) is 15.7 Å². The predicted octanol–water partition coefficient (Wildman–Crippen LogP) is 5.83. The highest BCUT2D eigenvalue weighted by molar-refractivity contribution is 5.85. The maximum absolute atomic E-state index is 6.38. The van der Waals surface area contributed by atoms with Gasteiger partial charge in [0.25, 0.3) is 0 Å². The van der Waals surface area contributed by atoms with Crippen molar-refractivity contribution < 1.29 is 4.74 Å². The van der Waals surface area contributed by atoms with Gasteiger partial charge in [-0.2, -0.15) is 0 Å². The number of hydrogen-bond acceptors (Lipinski definition) is 3. The highest BCUT2D eigenvalue weighted by Crippen LogP contribution is 2.25. The molecule has 0 aliphatic carbocycles. The minimum Gasteiger partial charge on any atom is -0.367 e. The third kappa shape index (κ3) is 8.95. The molecule has 0 unspecified atom stereocenters. The molecule has 0 N–H and O–H groups in total. The van der Waals surface area contributed by atoms with Crippen LogP contribution in [0.4, 0.5) is 0 Å². The van der Waals surface area contributed by atoms with Crippen molar-refractivity contribution in [1.29, 1.82) is 0 Å². The lowest BCUT2D eigenvalue weighted by atomic mass is 10.0. The Morgan fingerprint density at radius 1 is 0.700 bits per heavy atom. The molecule has 1 aliphatic rings. The van der Waals surface area contributed by atoms with E-state index in [9.17, 15) is 0 Å². The second-order valence-corrected chi connectivity index (χ2v) is 7.82. The highest BCUT2D eigenvalue weighted by Gasteiger charge is 2.18. The number of benzene rings is 2. The molecule has 0 radical (unpaired) electrons. The molecule has 1 aliphatic heterocycles. The van der Waals surface area contributed by atoms with Gasteiger partial charge in [-0.3, -0.25) is 4.90 Å². The van der Waals surface area contributed by atoms with E-state index in [0.29, 0.717) is 0 Å². The van der Waals surface area contributed by atoms with Crippen molar-refractivity contribution in [3.05, 3.63) is 71.8 Å². The summed E-state index contributed by atoms with van der Waals surface area (Å²) in [7, 11) is 0. The normalized spacial score (nSPS) is 14.9. The number of piperazine rings is 1. The van der Waals surface area contributed by atoms with Crippen LogP contribution in [0.3, 0.4) is 0 Å². The number of halogens is 2. The first-order valence-electron chi connectivity index (χ1n) is 11.0. The van der Waals surface area contributed by atoms with Gasteiger partial charge in [0.15, 0.2) is 0 Å². The Labute approximate surface area is 195 Å². The smallest absolute Gasteiger partial charge is 0.108 e. The van der Waals surface area contributed by atoms with E-state index >= 15 is 0 Å². The van der Waals surface area contributed by atoms with Gasteiger partial charge in [-0.1, -0.05) is 86.8 Å². The summed E-state index contributed by atoms with van der Waals surface area (Å²) < 4.78 is 6.38. The minimum atomic E-state index is 0. The van der Waals surface area contributed by atoms with Crippen LogP contribution in [0.15, 0.2) is 60.7 Å². The van der Waals surface area contributed by atoms with Crippen molar-refractivity contribution >= 4 is 24.8 Å². The van der Waals surface area contributed by atoms with Crippen LogP contribution in [-0.4, -0.2) is 55.7 Å². The van der Waals surface area contributed by atoms with Crippen LogP contribution in [0.25, 0.3) is 0 Å². The van der Waals surface area contributed by atoms with E-state index in [1.807, 2.05) is 0 Å². The van der Waals surface area contributed by atoms with Crippen LogP contribution < -0.4 is 0 Å². The first kappa shape index (κ1) is 26.9. The zero-order valence-corrected chi connectivity index (χ0v) is 19.9. The van der Waals surface area contributed by atoms with E-state index in [-0.39, 0.29) is 30.9 Å². The summed E-state index contributed by atoms with van der Waals surface area (Å²) in [5.41, 5.74) is 2.45. The van der Waals surface area contributed by atoms with Crippen molar-refractivity contribution in [3.63, 3.8) is 0 Å². The summed E-state index contributed by atoms with van der Waals surface area (Å²) in [5.74, 6) is 0. The predicted molar refractivity (Wildman–Crippen MR) is 132 cm³/mol. The number of unbranched alkanes of at least 4 members (excludes halogenated alkanes) is 3. The van der Waals surface area contributed by atoms with E-state index in [1.165, 1.54) is 69.5 Å². The summed E-state index contributed by atoms with van der Waals surface area (Å²) in [6, 6.07) is 21.1. The number of nitrogens with zero attached hydrogens (tertiary/aromatic N) is 2. The van der Waals surface area contributed by atoms with Gasteiger partial charge >= 0.3 is 0 Å². The fraction of sp³-hybridized carbons (Fsp3) is 0.520. The maximum atomic E-state index is 6.38. The van der Waals surface area contributed by atoms with Crippen LogP contribution in [0, 0.1) is 0 Å². The molecule has 3 rings (SSSR count). The van der Waals surface area contributed by atoms with Crippen molar-refractivity contribution in [2.24, 2.45) is 0 Å². The van der Waals surface area contributed by atoms with Crippen molar-refractivity contribution in [2.75, 3.05) is 45.9 Å². The lowest BCUT2D eigenvalue weighted by Crippen LogP contribution is -2.47. The van der Waals surface area contributed by atoms with E-state index in [0.717, 1.165) is 13.2 Å². The molecule has 1 fully saturated rings. The van der Waals surface area contributed by atoms with Crippen molar-refractivity contribution in [3.8, 4) is 0 Å². The molecule has 30 heavy (non-hydrogen) atoms. The molecule has 1 saturated heterocycles. The Balaban J connectivity index is 0.00000225. The van der Waals surface area contributed by atoms with Gasteiger partial charge in [-0.05, 0) is 24.1 Å². The molecule has 5 heteroatoms. The van der Waals surface area contributed by atoms with Gasteiger partial charge in [-0.15, -0.1) is 24.8 Å². The third-order valence-corrected chi connectivity index (χ3v) is 5.69. The van der Waals surface area contributed by atoms with E-state index < -0.39 is 0 Å². The first-order valence-corrected chi connectivity index (χ1v) is 11.0. The highest BCUT2D eigenvalue weighted by atomic mass is 35.5. The molecule has 2 aromatic rings. The average Bonchev–Trinajstić information content (AvgIpc) is 2.76. The van der Waals surface area contributed by atoms with E-state index in [1.54, 1.807) is 0 Å². The molecule has 0 spiro atoms. The Bertz CT molecular complexity index is 609. The van der Waals surface area contributed by atoms with Crippen LogP contribution in [0.1, 0.15) is 49.8 Å². The molecule has 2 aromatic carbocycles. The SMILES string of the molecule is CCCCCCN1CCN(CCOC(c2ccccc2)c2ccccc2)CC1.Cl.Cl. The fourth-order valence-corrected chi connectivity index (χ4v) is 3.94. The number of ether oxygens (including phenoxy) is 1. The molecule has 3 nitrogen and oxygen atoms in total. The Kier molecular flexibility index (Phi) is 14.1. The Morgan fingerprint density at radius 2 is 1.20 bits per heavy atom. The summed E-state index contributed by atoms with van der Waals surface area (Å²) in [5, 5.41) is 0. The minimum absolute atomic E-state index is 0. The van der Waals surface area contributed by atoms with Gasteiger partial charge in [0, 0.05) is 32.7 Å². The second-order valence-electron chi connectivity index (χ2n) is 7.82. The fourth-order valence-electron chi connectivity index (χ4n) is 3.94. The van der Waals surface area contributed by atoms with Crippen LogP contribution in [0.5, 0.6) is 0 Å². The largest absolute Gasteiger partial charge is 0.367 e. The second kappa shape index (κ2) is 15.7. The molecular weight excluding hydrogens is 415 g/mol. The lowest BCUT2D eigenvalue weighted by Gasteiger charge is -2.35. The summed E-state index contributed by atoms with van der Waals surface area (Å²) in [4.78, 5) is 5.18. The standard InChI is InChI=1S/C25H36N2O.2ClH/c1-2-3-4-11-16-26-17-19-27(20-18-26)21-22-28-25(23-12-7-5-8-13-23)24-14-9-6-10-15-24;;/h5-10,12-15,25H,2-4,11,16-22H2,1H3;2*1H. The molecule has 168 valence electrons. The Hall–Kier alpha value is -1.10. The monoisotopic (exact) mass is 452 g/mol. The van der Waals surface area contributed by atoms with Crippen molar-refractivity contribution in [2.45, 2.75) is 38.7 Å². The van der Waals surface area contributed by atoms with Gasteiger partial charge in [-0.25, -0.2) is 0 Å². The van der Waals surface area contributed by atoms with Crippen LogP contribution in [0.2, 0.25) is 0 Å².